The third kappa shape index (κ3) is 2.72. The van der Waals surface area contributed by atoms with Gasteiger partial charge in [-0.3, -0.25) is 0 Å². The minimum Gasteiger partial charge on any atom is -0.508 e. The monoisotopic (exact) mass is 324 g/mol. The highest BCUT2D eigenvalue weighted by Crippen LogP contribution is 2.36. The summed E-state index contributed by atoms with van der Waals surface area (Å²) in [5.41, 5.74) is -0.287. The van der Waals surface area contributed by atoms with E-state index in [1.165, 1.54) is 18.2 Å². The van der Waals surface area contributed by atoms with E-state index in [0.29, 0.717) is 5.39 Å². The predicted octanol–water partition coefficient (Wildman–Crippen LogP) is 3.73. The number of hydrogen-bond donors (Lipinski definition) is 3. The van der Waals surface area contributed by atoms with Gasteiger partial charge in [-0.2, -0.15) is 0 Å². The highest BCUT2D eigenvalue weighted by atomic mass is 16.5. The zero-order chi connectivity index (χ0) is 17.3. The van der Waals surface area contributed by atoms with Crippen molar-refractivity contribution in [2.75, 3.05) is 0 Å². The average Bonchev–Trinajstić information content (AvgIpc) is 2.54. The molecule has 3 rings (SSSR count). The standard InChI is InChI=1S/C18H12O6/c19-11-6-8-13(17(20)21)15(9-11)24-16-12-4-2-1-3-10(12)5-7-14(16)18(22)23/h1-9,19H,(H,20,21)(H,22,23). The van der Waals surface area contributed by atoms with Gasteiger partial charge < -0.3 is 20.1 Å². The highest BCUT2D eigenvalue weighted by Gasteiger charge is 2.19. The summed E-state index contributed by atoms with van der Waals surface area (Å²) < 4.78 is 5.64. The van der Waals surface area contributed by atoms with Crippen molar-refractivity contribution in [3.63, 3.8) is 0 Å². The van der Waals surface area contributed by atoms with Gasteiger partial charge in [0.1, 0.15) is 28.4 Å². The topological polar surface area (TPSA) is 104 Å². The lowest BCUT2D eigenvalue weighted by molar-refractivity contribution is 0.0687. The van der Waals surface area contributed by atoms with Crippen LogP contribution in [0, 0.1) is 0 Å². The Kier molecular flexibility index (Phi) is 3.79. The van der Waals surface area contributed by atoms with Crippen molar-refractivity contribution < 1.29 is 29.6 Å². The van der Waals surface area contributed by atoms with E-state index < -0.39 is 11.9 Å². The van der Waals surface area contributed by atoms with Crippen molar-refractivity contribution >= 4 is 22.7 Å². The van der Waals surface area contributed by atoms with Gasteiger partial charge in [0.05, 0.1) is 0 Å². The molecule has 6 heteroatoms. The van der Waals surface area contributed by atoms with Crippen LogP contribution in [0.4, 0.5) is 0 Å². The lowest BCUT2D eigenvalue weighted by Gasteiger charge is -2.14. The second-order valence-corrected chi connectivity index (χ2v) is 5.06. The summed E-state index contributed by atoms with van der Waals surface area (Å²) in [5, 5.41) is 29.5. The normalized spacial score (nSPS) is 10.5. The maximum Gasteiger partial charge on any atom is 0.339 e. The molecule has 0 saturated carbocycles. The molecule has 0 aliphatic carbocycles. The fraction of sp³-hybridized carbons (Fsp3) is 0. The molecule has 0 heterocycles. The largest absolute Gasteiger partial charge is 0.508 e. The number of carboxylic acids is 2. The highest BCUT2D eigenvalue weighted by molar-refractivity contribution is 6.01. The maximum atomic E-state index is 11.5. The van der Waals surface area contributed by atoms with Gasteiger partial charge in [-0.05, 0) is 23.6 Å². The van der Waals surface area contributed by atoms with Crippen LogP contribution in [0.2, 0.25) is 0 Å². The van der Waals surface area contributed by atoms with Crippen molar-refractivity contribution in [3.8, 4) is 17.2 Å². The van der Waals surface area contributed by atoms with Gasteiger partial charge in [-0.25, -0.2) is 9.59 Å². The van der Waals surface area contributed by atoms with Crippen LogP contribution in [0.15, 0.2) is 54.6 Å². The quantitative estimate of drug-likeness (QED) is 0.675. The fourth-order valence-electron chi connectivity index (χ4n) is 2.40. The van der Waals surface area contributed by atoms with E-state index >= 15 is 0 Å². The third-order valence-electron chi connectivity index (χ3n) is 3.52. The lowest BCUT2D eigenvalue weighted by atomic mass is 10.0. The molecule has 24 heavy (non-hydrogen) atoms. The molecule has 0 radical (unpaired) electrons. The number of carboxylic acid groups (broad SMARTS) is 2. The molecule has 3 aromatic carbocycles. The third-order valence-corrected chi connectivity index (χ3v) is 3.52. The molecule has 120 valence electrons. The van der Waals surface area contributed by atoms with E-state index in [4.69, 9.17) is 4.74 Å². The average molecular weight is 324 g/mol. The van der Waals surface area contributed by atoms with Crippen LogP contribution in [0.5, 0.6) is 17.2 Å². The van der Waals surface area contributed by atoms with E-state index in [-0.39, 0.29) is 28.4 Å². The number of phenols is 1. The zero-order valence-corrected chi connectivity index (χ0v) is 12.3. The Morgan fingerprint density at radius 3 is 2.21 bits per heavy atom. The lowest BCUT2D eigenvalue weighted by Crippen LogP contribution is -2.04. The molecular formula is C18H12O6. The summed E-state index contributed by atoms with van der Waals surface area (Å²) in [5.74, 6) is -2.75. The molecule has 3 N–H and O–H groups in total. The Morgan fingerprint density at radius 1 is 0.833 bits per heavy atom. The van der Waals surface area contributed by atoms with E-state index in [2.05, 4.69) is 0 Å². The number of hydrogen-bond acceptors (Lipinski definition) is 4. The molecule has 0 unspecified atom stereocenters. The molecule has 3 aromatic rings. The van der Waals surface area contributed by atoms with Crippen molar-refractivity contribution in [1.29, 1.82) is 0 Å². The fourth-order valence-corrected chi connectivity index (χ4v) is 2.40. The molecule has 0 amide bonds. The van der Waals surface area contributed by atoms with Gasteiger partial charge in [0.2, 0.25) is 0 Å². The Labute approximate surface area is 136 Å². The first-order chi connectivity index (χ1) is 11.5. The van der Waals surface area contributed by atoms with E-state index in [1.54, 1.807) is 30.3 Å². The van der Waals surface area contributed by atoms with Crippen molar-refractivity contribution in [3.05, 3.63) is 65.7 Å². The van der Waals surface area contributed by atoms with E-state index in [1.807, 2.05) is 0 Å². The van der Waals surface area contributed by atoms with Crippen LogP contribution in [0.25, 0.3) is 10.8 Å². The van der Waals surface area contributed by atoms with Gasteiger partial charge in [-0.15, -0.1) is 0 Å². The molecule has 0 spiro atoms. The summed E-state index contributed by atoms with van der Waals surface area (Å²) >= 11 is 0. The summed E-state index contributed by atoms with van der Waals surface area (Å²) in [7, 11) is 0. The maximum absolute atomic E-state index is 11.5. The summed E-state index contributed by atoms with van der Waals surface area (Å²) in [6, 6.07) is 13.6. The molecule has 0 saturated heterocycles. The molecule has 0 fully saturated rings. The Hall–Kier alpha value is -3.54. The number of carbonyl (C=O) groups is 2. The molecule has 0 aliphatic heterocycles. The second kappa shape index (κ2) is 5.92. The smallest absolute Gasteiger partial charge is 0.339 e. The number of aromatic carboxylic acids is 2. The predicted molar refractivity (Wildman–Crippen MR) is 86.0 cm³/mol. The zero-order valence-electron chi connectivity index (χ0n) is 12.3. The molecule has 0 aromatic heterocycles. The van der Waals surface area contributed by atoms with E-state index in [0.717, 1.165) is 11.5 Å². The molecule has 6 nitrogen and oxygen atoms in total. The van der Waals surface area contributed by atoms with Crippen molar-refractivity contribution in [1.82, 2.24) is 0 Å². The van der Waals surface area contributed by atoms with Gasteiger partial charge >= 0.3 is 11.9 Å². The van der Waals surface area contributed by atoms with Crippen molar-refractivity contribution in [2.45, 2.75) is 0 Å². The molecular weight excluding hydrogens is 312 g/mol. The number of ether oxygens (including phenoxy) is 1. The van der Waals surface area contributed by atoms with Gasteiger partial charge in [0, 0.05) is 11.5 Å². The van der Waals surface area contributed by atoms with Gasteiger partial charge in [0.25, 0.3) is 0 Å². The SMILES string of the molecule is O=C(O)c1ccc(O)cc1Oc1c(C(=O)O)ccc2ccccc12. The number of benzene rings is 3. The van der Waals surface area contributed by atoms with Crippen LogP contribution in [0.3, 0.4) is 0 Å². The van der Waals surface area contributed by atoms with Crippen LogP contribution in [-0.2, 0) is 0 Å². The number of fused-ring (bicyclic) bond motifs is 1. The second-order valence-electron chi connectivity index (χ2n) is 5.06. The van der Waals surface area contributed by atoms with Gasteiger partial charge in [0.15, 0.2) is 0 Å². The Bertz CT molecular complexity index is 961. The molecule has 0 aliphatic rings. The first-order valence-corrected chi connectivity index (χ1v) is 6.96. The molecule has 0 atom stereocenters. The first kappa shape index (κ1) is 15.4. The number of aromatic hydroxyl groups is 1. The number of rotatable bonds is 4. The first-order valence-electron chi connectivity index (χ1n) is 6.96. The summed E-state index contributed by atoms with van der Waals surface area (Å²) in [4.78, 5) is 22.8. The summed E-state index contributed by atoms with van der Waals surface area (Å²) in [6.45, 7) is 0. The minimum absolute atomic E-state index is 0.0219. The molecule has 0 bridgehead atoms. The van der Waals surface area contributed by atoms with Crippen LogP contribution < -0.4 is 4.74 Å². The van der Waals surface area contributed by atoms with Crippen molar-refractivity contribution in [2.24, 2.45) is 0 Å². The minimum atomic E-state index is -1.25. The Morgan fingerprint density at radius 2 is 1.50 bits per heavy atom. The Balaban J connectivity index is 2.23. The van der Waals surface area contributed by atoms with E-state index in [9.17, 15) is 24.9 Å². The van der Waals surface area contributed by atoms with Crippen LogP contribution >= 0.6 is 0 Å². The van der Waals surface area contributed by atoms with Crippen LogP contribution in [0.1, 0.15) is 20.7 Å². The summed E-state index contributed by atoms with van der Waals surface area (Å²) in [6.07, 6.45) is 0. The van der Waals surface area contributed by atoms with Gasteiger partial charge in [-0.1, -0.05) is 30.3 Å². The van der Waals surface area contributed by atoms with Crippen LogP contribution in [-0.4, -0.2) is 27.3 Å². The number of phenolic OH excluding ortho intramolecular Hbond substituents is 1.